The van der Waals surface area contributed by atoms with E-state index in [1.807, 2.05) is 0 Å². The zero-order chi connectivity index (χ0) is 12.7. The quantitative estimate of drug-likeness (QED) is 0.463. The molecule has 17 heavy (non-hydrogen) atoms. The summed E-state index contributed by atoms with van der Waals surface area (Å²) in [4.78, 5) is 10.3. The fourth-order valence-corrected chi connectivity index (χ4v) is 1.50. The first-order valence-corrected chi connectivity index (χ1v) is 5.36. The Morgan fingerprint density at radius 2 is 1.94 bits per heavy atom. The SMILES string of the molecule is O=[N+]([O-])c1ccccc1CCNC(CO)CO. The first-order valence-electron chi connectivity index (χ1n) is 5.36. The Morgan fingerprint density at radius 3 is 2.53 bits per heavy atom. The Hall–Kier alpha value is -1.50. The van der Waals surface area contributed by atoms with Crippen LogP contribution >= 0.6 is 0 Å². The van der Waals surface area contributed by atoms with Crippen LogP contribution in [0.4, 0.5) is 5.69 Å². The van der Waals surface area contributed by atoms with Gasteiger partial charge in [-0.1, -0.05) is 18.2 Å². The van der Waals surface area contributed by atoms with Crippen molar-refractivity contribution in [3.63, 3.8) is 0 Å². The van der Waals surface area contributed by atoms with E-state index >= 15 is 0 Å². The van der Waals surface area contributed by atoms with Crippen LogP contribution in [0.25, 0.3) is 0 Å². The number of aliphatic hydroxyl groups is 2. The first-order chi connectivity index (χ1) is 8.19. The van der Waals surface area contributed by atoms with Crippen molar-refractivity contribution in [2.75, 3.05) is 19.8 Å². The topological polar surface area (TPSA) is 95.6 Å². The van der Waals surface area contributed by atoms with Crippen LogP contribution in [0, 0.1) is 10.1 Å². The lowest BCUT2D eigenvalue weighted by Gasteiger charge is -2.12. The predicted octanol–water partition coefficient (Wildman–Crippen LogP) is 0.0801. The number of hydrogen-bond donors (Lipinski definition) is 3. The van der Waals surface area contributed by atoms with Crippen LogP contribution in [0.15, 0.2) is 24.3 Å². The number of aliphatic hydroxyl groups excluding tert-OH is 2. The summed E-state index contributed by atoms with van der Waals surface area (Å²) < 4.78 is 0. The van der Waals surface area contributed by atoms with Crippen molar-refractivity contribution in [3.05, 3.63) is 39.9 Å². The fourth-order valence-electron chi connectivity index (χ4n) is 1.50. The maximum atomic E-state index is 10.7. The molecule has 1 aromatic rings. The fraction of sp³-hybridized carbons (Fsp3) is 0.455. The van der Waals surface area contributed by atoms with Crippen LogP contribution in [-0.4, -0.2) is 40.9 Å². The maximum absolute atomic E-state index is 10.7. The molecule has 0 heterocycles. The van der Waals surface area contributed by atoms with Crippen molar-refractivity contribution in [3.8, 4) is 0 Å². The molecule has 0 aliphatic carbocycles. The third kappa shape index (κ3) is 4.10. The molecular weight excluding hydrogens is 224 g/mol. The lowest BCUT2D eigenvalue weighted by atomic mass is 10.1. The van der Waals surface area contributed by atoms with Gasteiger partial charge >= 0.3 is 0 Å². The number of nitrogens with one attached hydrogen (secondary N) is 1. The van der Waals surface area contributed by atoms with Gasteiger partial charge in [-0.15, -0.1) is 0 Å². The lowest BCUT2D eigenvalue weighted by molar-refractivity contribution is -0.385. The number of nitrogens with zero attached hydrogens (tertiary/aromatic N) is 1. The van der Waals surface area contributed by atoms with Gasteiger partial charge in [-0.05, 0) is 13.0 Å². The molecule has 0 bridgehead atoms. The molecule has 0 saturated heterocycles. The number of benzene rings is 1. The van der Waals surface area contributed by atoms with E-state index in [1.54, 1.807) is 18.2 Å². The second-order valence-corrected chi connectivity index (χ2v) is 3.65. The third-order valence-electron chi connectivity index (χ3n) is 2.46. The molecule has 0 amide bonds. The molecule has 6 nitrogen and oxygen atoms in total. The van der Waals surface area contributed by atoms with E-state index in [1.165, 1.54) is 6.07 Å². The Labute approximate surface area is 99.0 Å². The highest BCUT2D eigenvalue weighted by Crippen LogP contribution is 2.17. The minimum absolute atomic E-state index is 0.0962. The highest BCUT2D eigenvalue weighted by Gasteiger charge is 2.12. The molecule has 0 aliphatic rings. The predicted molar refractivity (Wildman–Crippen MR) is 62.8 cm³/mol. The van der Waals surface area contributed by atoms with Crippen molar-refractivity contribution in [1.29, 1.82) is 0 Å². The molecule has 0 atom stereocenters. The van der Waals surface area contributed by atoms with Crippen LogP contribution in [0.5, 0.6) is 0 Å². The molecule has 0 unspecified atom stereocenters. The maximum Gasteiger partial charge on any atom is 0.272 e. The number of nitro benzene ring substituents is 1. The minimum atomic E-state index is -0.412. The molecule has 0 aromatic heterocycles. The summed E-state index contributed by atoms with van der Waals surface area (Å²) in [6.45, 7) is 0.150. The zero-order valence-corrected chi connectivity index (χ0v) is 9.37. The summed E-state index contributed by atoms with van der Waals surface area (Å²) in [7, 11) is 0. The Bertz CT molecular complexity index is 366. The molecule has 94 valence electrons. The minimum Gasteiger partial charge on any atom is -0.395 e. The van der Waals surface area contributed by atoms with Crippen LogP contribution in [0.2, 0.25) is 0 Å². The number of para-hydroxylation sites is 1. The summed E-state index contributed by atoms with van der Waals surface area (Å²) in [5.74, 6) is 0. The molecule has 0 fully saturated rings. The molecular formula is C11H16N2O4. The molecule has 0 spiro atoms. The molecule has 0 radical (unpaired) electrons. The monoisotopic (exact) mass is 240 g/mol. The van der Waals surface area contributed by atoms with Gasteiger partial charge in [0.25, 0.3) is 5.69 Å². The van der Waals surface area contributed by atoms with Gasteiger partial charge in [0.05, 0.1) is 24.2 Å². The van der Waals surface area contributed by atoms with Crippen LogP contribution in [-0.2, 0) is 6.42 Å². The number of nitro groups is 1. The lowest BCUT2D eigenvalue weighted by Crippen LogP contribution is -2.36. The summed E-state index contributed by atoms with van der Waals surface area (Å²) in [5.41, 5.74) is 0.735. The van der Waals surface area contributed by atoms with Gasteiger partial charge in [-0.3, -0.25) is 10.1 Å². The van der Waals surface area contributed by atoms with Crippen molar-refractivity contribution in [1.82, 2.24) is 5.32 Å². The molecule has 3 N–H and O–H groups in total. The molecule has 1 aromatic carbocycles. The van der Waals surface area contributed by atoms with Crippen LogP contribution < -0.4 is 5.32 Å². The summed E-state index contributed by atoms with van der Waals surface area (Å²) in [6.07, 6.45) is 0.480. The van der Waals surface area contributed by atoms with E-state index in [2.05, 4.69) is 5.32 Å². The van der Waals surface area contributed by atoms with E-state index < -0.39 is 4.92 Å². The normalized spacial score (nSPS) is 10.8. The van der Waals surface area contributed by atoms with Crippen molar-refractivity contribution in [2.45, 2.75) is 12.5 Å². The van der Waals surface area contributed by atoms with Crippen LogP contribution in [0.1, 0.15) is 5.56 Å². The summed E-state index contributed by atoms with van der Waals surface area (Å²) in [6, 6.07) is 6.16. The van der Waals surface area contributed by atoms with Gasteiger partial charge < -0.3 is 15.5 Å². The van der Waals surface area contributed by atoms with Crippen molar-refractivity contribution >= 4 is 5.69 Å². The number of hydrogen-bond acceptors (Lipinski definition) is 5. The van der Waals surface area contributed by atoms with E-state index in [9.17, 15) is 10.1 Å². The van der Waals surface area contributed by atoms with Gasteiger partial charge in [-0.25, -0.2) is 0 Å². The number of rotatable bonds is 7. The molecule has 1 rings (SSSR count). The van der Waals surface area contributed by atoms with E-state index in [4.69, 9.17) is 10.2 Å². The first kappa shape index (κ1) is 13.6. The van der Waals surface area contributed by atoms with Gasteiger partial charge in [0.2, 0.25) is 0 Å². The Kier molecular flexibility index (Phi) is 5.55. The van der Waals surface area contributed by atoms with E-state index in [-0.39, 0.29) is 24.9 Å². The van der Waals surface area contributed by atoms with Crippen molar-refractivity contribution in [2.24, 2.45) is 0 Å². The Morgan fingerprint density at radius 1 is 1.29 bits per heavy atom. The molecule has 0 saturated carbocycles. The highest BCUT2D eigenvalue weighted by atomic mass is 16.6. The summed E-state index contributed by atoms with van der Waals surface area (Å²) in [5, 5.41) is 31.3. The molecule has 6 heteroatoms. The average Bonchev–Trinajstić information content (AvgIpc) is 2.35. The standard InChI is InChI=1S/C11H16N2O4/c14-7-10(8-15)12-6-5-9-3-1-2-4-11(9)13(16)17/h1-4,10,12,14-15H,5-8H2. The van der Waals surface area contributed by atoms with E-state index in [0.717, 1.165) is 0 Å². The largest absolute Gasteiger partial charge is 0.395 e. The third-order valence-corrected chi connectivity index (χ3v) is 2.46. The smallest absolute Gasteiger partial charge is 0.272 e. The Balaban J connectivity index is 2.54. The van der Waals surface area contributed by atoms with Crippen molar-refractivity contribution < 1.29 is 15.1 Å². The van der Waals surface area contributed by atoms with Gasteiger partial charge in [0.15, 0.2) is 0 Å². The highest BCUT2D eigenvalue weighted by molar-refractivity contribution is 5.39. The second kappa shape index (κ2) is 6.95. The summed E-state index contributed by atoms with van der Waals surface area (Å²) >= 11 is 0. The second-order valence-electron chi connectivity index (χ2n) is 3.65. The zero-order valence-electron chi connectivity index (χ0n) is 9.37. The van der Waals surface area contributed by atoms with Gasteiger partial charge in [0.1, 0.15) is 0 Å². The average molecular weight is 240 g/mol. The molecule has 0 aliphatic heterocycles. The van der Waals surface area contributed by atoms with Gasteiger partial charge in [0, 0.05) is 11.6 Å². The van der Waals surface area contributed by atoms with E-state index in [0.29, 0.717) is 18.5 Å². The van der Waals surface area contributed by atoms with Crippen LogP contribution in [0.3, 0.4) is 0 Å². The van der Waals surface area contributed by atoms with Gasteiger partial charge in [-0.2, -0.15) is 0 Å².